The number of benzene rings is 1. The van der Waals surface area contributed by atoms with Crippen molar-refractivity contribution in [2.24, 2.45) is 0 Å². The highest BCUT2D eigenvalue weighted by Gasteiger charge is 2.29. The zero-order valence-corrected chi connectivity index (χ0v) is 11.6. The van der Waals surface area contributed by atoms with Crippen LogP contribution >= 0.6 is 23.2 Å². The molecule has 0 heterocycles. The Labute approximate surface area is 124 Å². The molecule has 3 N–H and O–H groups in total. The predicted octanol–water partition coefficient (Wildman–Crippen LogP) is 0.909. The van der Waals surface area contributed by atoms with E-state index >= 15 is 0 Å². The first-order valence-electron chi connectivity index (χ1n) is 5.49. The van der Waals surface area contributed by atoms with Gasteiger partial charge in [0.05, 0.1) is 23.1 Å². The Kier molecular flexibility index (Phi) is 6.15. The summed E-state index contributed by atoms with van der Waals surface area (Å²) in [4.78, 5) is 20.2. The summed E-state index contributed by atoms with van der Waals surface area (Å²) in [6.07, 6.45) is -1.47. The number of nitrogens with zero attached hydrogens (tertiary/aromatic N) is 1. The van der Waals surface area contributed by atoms with E-state index in [9.17, 15) is 25.1 Å². The monoisotopic (exact) mass is 322 g/mol. The molecular formula is C11H12Cl2N2O5. The normalized spacial score (nSPS) is 13.8. The summed E-state index contributed by atoms with van der Waals surface area (Å²) in [7, 11) is 0. The van der Waals surface area contributed by atoms with Crippen LogP contribution in [0.4, 0.5) is 5.69 Å². The summed E-state index contributed by atoms with van der Waals surface area (Å²) >= 11 is 10.7. The summed E-state index contributed by atoms with van der Waals surface area (Å²) in [5.74, 6) is -0.815. The Morgan fingerprint density at radius 3 is 2.50 bits per heavy atom. The third-order valence-corrected chi connectivity index (χ3v) is 2.95. The molecule has 0 fully saturated rings. The molecule has 2 atom stereocenters. The number of alkyl halides is 2. The van der Waals surface area contributed by atoms with E-state index in [0.717, 1.165) is 0 Å². The van der Waals surface area contributed by atoms with Crippen molar-refractivity contribution in [3.8, 4) is 0 Å². The van der Waals surface area contributed by atoms with Gasteiger partial charge in [-0.05, 0) is 6.07 Å². The van der Waals surface area contributed by atoms with Crippen molar-refractivity contribution in [3.05, 3.63) is 39.9 Å². The van der Waals surface area contributed by atoms with Gasteiger partial charge >= 0.3 is 0 Å². The first kappa shape index (κ1) is 16.6. The Morgan fingerprint density at radius 2 is 2.00 bits per heavy atom. The van der Waals surface area contributed by atoms with Crippen LogP contribution in [0.25, 0.3) is 0 Å². The number of aliphatic hydroxyl groups is 2. The van der Waals surface area contributed by atoms with Gasteiger partial charge in [-0.15, -0.1) is 0 Å². The number of amides is 1. The topological polar surface area (TPSA) is 113 Å². The molecule has 0 radical (unpaired) electrons. The first-order valence-corrected chi connectivity index (χ1v) is 6.36. The van der Waals surface area contributed by atoms with Crippen LogP contribution in [0.2, 0.25) is 0 Å². The number of hydrogen-bond donors (Lipinski definition) is 3. The van der Waals surface area contributed by atoms with Crippen LogP contribution in [0.1, 0.15) is 11.7 Å². The number of halogens is 2. The van der Waals surface area contributed by atoms with Crippen molar-refractivity contribution in [2.45, 2.75) is 17.0 Å². The predicted molar refractivity (Wildman–Crippen MR) is 72.6 cm³/mol. The van der Waals surface area contributed by atoms with Crippen LogP contribution in [-0.4, -0.2) is 38.5 Å². The SMILES string of the molecule is O=C(NC(CO)C(O)c1ccccc1[N+](=O)[O-])C(Cl)Cl. The fourth-order valence-electron chi connectivity index (χ4n) is 1.59. The minimum absolute atomic E-state index is 0.0301. The van der Waals surface area contributed by atoms with Gasteiger partial charge in [-0.25, -0.2) is 0 Å². The molecule has 0 saturated heterocycles. The number of nitrogens with one attached hydrogen (secondary N) is 1. The van der Waals surface area contributed by atoms with E-state index in [-0.39, 0.29) is 11.3 Å². The number of nitro benzene ring substituents is 1. The van der Waals surface area contributed by atoms with Crippen molar-refractivity contribution in [1.82, 2.24) is 5.32 Å². The Morgan fingerprint density at radius 1 is 1.40 bits per heavy atom. The Bertz CT molecular complexity index is 497. The molecule has 1 amide bonds. The lowest BCUT2D eigenvalue weighted by molar-refractivity contribution is -0.386. The van der Waals surface area contributed by atoms with Crippen LogP contribution in [0, 0.1) is 10.1 Å². The molecule has 20 heavy (non-hydrogen) atoms. The number of aliphatic hydroxyl groups excluding tert-OH is 2. The van der Waals surface area contributed by atoms with E-state index in [2.05, 4.69) is 5.32 Å². The fraction of sp³-hybridized carbons (Fsp3) is 0.364. The van der Waals surface area contributed by atoms with Gasteiger partial charge in [-0.1, -0.05) is 35.3 Å². The molecule has 1 aromatic rings. The Hall–Kier alpha value is -1.41. The zero-order chi connectivity index (χ0) is 15.3. The van der Waals surface area contributed by atoms with Gasteiger partial charge in [0.1, 0.15) is 6.10 Å². The van der Waals surface area contributed by atoms with Crippen molar-refractivity contribution >= 4 is 34.8 Å². The third kappa shape index (κ3) is 4.04. The highest BCUT2D eigenvalue weighted by molar-refractivity contribution is 6.53. The molecule has 7 nitrogen and oxygen atoms in total. The second-order valence-corrected chi connectivity index (χ2v) is 4.96. The summed E-state index contributed by atoms with van der Waals surface area (Å²) in [5.41, 5.74) is -0.349. The molecule has 2 unspecified atom stereocenters. The quantitative estimate of drug-likeness (QED) is 0.409. The summed E-state index contributed by atoms with van der Waals surface area (Å²) in [6, 6.07) is 4.31. The van der Waals surface area contributed by atoms with Crippen molar-refractivity contribution in [2.75, 3.05) is 6.61 Å². The maximum absolute atomic E-state index is 11.3. The van der Waals surface area contributed by atoms with Gasteiger partial charge in [0.15, 0.2) is 4.84 Å². The number of carbonyl (C=O) groups excluding carboxylic acids is 1. The molecule has 0 bridgehead atoms. The lowest BCUT2D eigenvalue weighted by Crippen LogP contribution is -2.44. The van der Waals surface area contributed by atoms with Gasteiger partial charge in [0.25, 0.3) is 11.6 Å². The van der Waals surface area contributed by atoms with Gasteiger partial charge in [0, 0.05) is 6.07 Å². The fourth-order valence-corrected chi connectivity index (χ4v) is 1.72. The molecule has 0 spiro atoms. The van der Waals surface area contributed by atoms with E-state index in [0.29, 0.717) is 0 Å². The second-order valence-electron chi connectivity index (χ2n) is 3.86. The maximum Gasteiger partial charge on any atom is 0.275 e. The van der Waals surface area contributed by atoms with E-state index in [4.69, 9.17) is 23.2 Å². The molecule has 0 aliphatic heterocycles. The highest BCUT2D eigenvalue weighted by atomic mass is 35.5. The average Bonchev–Trinajstić information content (AvgIpc) is 2.43. The van der Waals surface area contributed by atoms with Gasteiger partial charge in [-0.3, -0.25) is 14.9 Å². The summed E-state index contributed by atoms with van der Waals surface area (Å²) in [6.45, 7) is -0.639. The lowest BCUT2D eigenvalue weighted by Gasteiger charge is -2.22. The summed E-state index contributed by atoms with van der Waals surface area (Å²) in [5, 5.41) is 32.3. The number of rotatable bonds is 6. The Balaban J connectivity index is 2.99. The highest BCUT2D eigenvalue weighted by Crippen LogP contribution is 2.27. The molecule has 0 aliphatic carbocycles. The standard InChI is InChI=1S/C11H12Cl2N2O5/c12-10(13)11(18)14-7(5-16)9(17)6-3-1-2-4-8(6)15(19)20/h1-4,7,9-10,16-17H,5H2,(H,14,18). The van der Waals surface area contributed by atoms with E-state index in [1.807, 2.05) is 0 Å². The smallest absolute Gasteiger partial charge is 0.275 e. The number of nitro groups is 1. The first-order chi connectivity index (χ1) is 9.38. The average molecular weight is 323 g/mol. The van der Waals surface area contributed by atoms with Crippen LogP contribution in [0.5, 0.6) is 0 Å². The van der Waals surface area contributed by atoms with E-state index < -0.39 is 34.4 Å². The molecule has 1 aromatic carbocycles. The molecule has 9 heteroatoms. The third-order valence-electron chi connectivity index (χ3n) is 2.56. The van der Waals surface area contributed by atoms with E-state index in [1.54, 1.807) is 0 Å². The number of para-hydroxylation sites is 1. The molecule has 110 valence electrons. The molecule has 0 saturated carbocycles. The number of carbonyl (C=O) groups is 1. The maximum atomic E-state index is 11.3. The van der Waals surface area contributed by atoms with Crippen LogP contribution in [0.3, 0.4) is 0 Å². The molecular weight excluding hydrogens is 311 g/mol. The van der Waals surface area contributed by atoms with Crippen molar-refractivity contribution < 1.29 is 19.9 Å². The largest absolute Gasteiger partial charge is 0.394 e. The number of hydrogen-bond acceptors (Lipinski definition) is 5. The minimum atomic E-state index is -1.47. The minimum Gasteiger partial charge on any atom is -0.394 e. The summed E-state index contributed by atoms with van der Waals surface area (Å²) < 4.78 is 0. The van der Waals surface area contributed by atoms with E-state index in [1.165, 1.54) is 24.3 Å². The molecule has 1 rings (SSSR count). The van der Waals surface area contributed by atoms with Gasteiger partial charge in [-0.2, -0.15) is 0 Å². The zero-order valence-electron chi connectivity index (χ0n) is 10.1. The van der Waals surface area contributed by atoms with Crippen LogP contribution in [0.15, 0.2) is 24.3 Å². The van der Waals surface area contributed by atoms with Gasteiger partial charge < -0.3 is 15.5 Å². The van der Waals surface area contributed by atoms with Gasteiger partial charge in [0.2, 0.25) is 0 Å². The molecule has 0 aromatic heterocycles. The van der Waals surface area contributed by atoms with Crippen molar-refractivity contribution in [3.63, 3.8) is 0 Å². The molecule has 0 aliphatic rings. The van der Waals surface area contributed by atoms with Crippen molar-refractivity contribution in [1.29, 1.82) is 0 Å². The lowest BCUT2D eigenvalue weighted by atomic mass is 10.0. The van der Waals surface area contributed by atoms with Crippen LogP contribution < -0.4 is 5.32 Å². The second kappa shape index (κ2) is 7.39. The van der Waals surface area contributed by atoms with Crippen LogP contribution in [-0.2, 0) is 4.79 Å².